The average molecular weight is 200 g/mol. The molecule has 0 amide bonds. The summed E-state index contributed by atoms with van der Waals surface area (Å²) >= 11 is 0. The average Bonchev–Trinajstić information content (AvgIpc) is 2.17. The number of ether oxygens (including phenoxy) is 1. The minimum atomic E-state index is -1.87. The van der Waals surface area contributed by atoms with Crippen molar-refractivity contribution >= 4 is 5.97 Å². The van der Waals surface area contributed by atoms with Crippen LogP contribution in [0.2, 0.25) is 0 Å². The number of carboxylic acids is 1. The fourth-order valence-electron chi connectivity index (χ4n) is 0.991. The van der Waals surface area contributed by atoms with Crippen LogP contribution in [0.5, 0.6) is 5.75 Å². The first-order chi connectivity index (χ1) is 6.56. The molecule has 0 fully saturated rings. The third kappa shape index (κ3) is 2.00. The Morgan fingerprint density at radius 2 is 2.21 bits per heavy atom. The van der Waals surface area contributed by atoms with E-state index in [1.54, 1.807) is 0 Å². The van der Waals surface area contributed by atoms with Crippen LogP contribution in [0.25, 0.3) is 0 Å². The highest BCUT2D eigenvalue weighted by atomic mass is 19.1. The summed E-state index contributed by atoms with van der Waals surface area (Å²) in [7, 11) is 1.37. The van der Waals surface area contributed by atoms with Crippen LogP contribution in [0.4, 0.5) is 4.39 Å². The van der Waals surface area contributed by atoms with Gasteiger partial charge >= 0.3 is 5.97 Å². The van der Waals surface area contributed by atoms with E-state index in [9.17, 15) is 9.18 Å². The number of carbonyl (C=O) groups is 1. The molecule has 1 unspecified atom stereocenters. The highest BCUT2D eigenvalue weighted by molar-refractivity contribution is 5.74. The Balaban J connectivity index is 3.11. The number of hydrogen-bond donors (Lipinski definition) is 2. The zero-order valence-electron chi connectivity index (χ0n) is 7.40. The minimum absolute atomic E-state index is 0.293. The van der Waals surface area contributed by atoms with Gasteiger partial charge in [0.05, 0.1) is 7.11 Å². The molecule has 0 saturated heterocycles. The van der Waals surface area contributed by atoms with Gasteiger partial charge in [-0.25, -0.2) is 9.18 Å². The maximum absolute atomic E-state index is 13.0. The number of aliphatic hydroxyl groups is 1. The summed E-state index contributed by atoms with van der Waals surface area (Å²) < 4.78 is 17.8. The van der Waals surface area contributed by atoms with Gasteiger partial charge in [-0.15, -0.1) is 0 Å². The van der Waals surface area contributed by atoms with Crippen LogP contribution >= 0.6 is 0 Å². The van der Waals surface area contributed by atoms with Crippen LogP contribution in [0, 0.1) is 5.82 Å². The molecule has 1 aromatic carbocycles. The lowest BCUT2D eigenvalue weighted by atomic mass is 10.1. The predicted molar refractivity (Wildman–Crippen MR) is 45.5 cm³/mol. The molecule has 4 nitrogen and oxygen atoms in total. The minimum Gasteiger partial charge on any atom is -0.497 e. The topological polar surface area (TPSA) is 66.8 Å². The molecular formula is C9H9FO4. The number of rotatable bonds is 3. The molecule has 0 aliphatic rings. The lowest BCUT2D eigenvalue weighted by Crippen LogP contribution is -2.12. The fraction of sp³-hybridized carbons (Fsp3) is 0.222. The summed E-state index contributed by atoms with van der Waals surface area (Å²) in [6, 6.07) is 3.53. The number of aliphatic carboxylic acids is 1. The van der Waals surface area contributed by atoms with Crippen LogP contribution in [0.1, 0.15) is 11.7 Å². The second-order valence-electron chi connectivity index (χ2n) is 2.63. The molecule has 1 aromatic rings. The Kier molecular flexibility index (Phi) is 3.03. The molecule has 0 aliphatic carbocycles. The Labute approximate surface area is 79.6 Å². The van der Waals surface area contributed by atoms with Gasteiger partial charge < -0.3 is 14.9 Å². The van der Waals surface area contributed by atoms with Crippen LogP contribution in [-0.4, -0.2) is 23.3 Å². The lowest BCUT2D eigenvalue weighted by Gasteiger charge is -2.08. The van der Waals surface area contributed by atoms with E-state index in [0.29, 0.717) is 5.75 Å². The molecule has 1 rings (SSSR count). The summed E-state index contributed by atoms with van der Waals surface area (Å²) in [5.74, 6) is -1.99. The van der Waals surface area contributed by atoms with Crippen molar-refractivity contribution in [3.8, 4) is 5.75 Å². The first-order valence-electron chi connectivity index (χ1n) is 3.80. The first-order valence-corrected chi connectivity index (χ1v) is 3.80. The number of methoxy groups -OCH3 is 1. The zero-order chi connectivity index (χ0) is 10.7. The second-order valence-corrected chi connectivity index (χ2v) is 2.63. The molecule has 14 heavy (non-hydrogen) atoms. The van der Waals surface area contributed by atoms with Gasteiger partial charge in [0.25, 0.3) is 0 Å². The highest BCUT2D eigenvalue weighted by Crippen LogP contribution is 2.22. The van der Waals surface area contributed by atoms with Gasteiger partial charge in [-0.05, 0) is 18.2 Å². The lowest BCUT2D eigenvalue weighted by molar-refractivity contribution is -0.147. The maximum Gasteiger partial charge on any atom is 0.337 e. The van der Waals surface area contributed by atoms with Crippen molar-refractivity contribution in [1.29, 1.82) is 0 Å². The molecule has 0 bridgehead atoms. The molecule has 76 valence electrons. The van der Waals surface area contributed by atoms with Crippen LogP contribution < -0.4 is 4.74 Å². The van der Waals surface area contributed by atoms with E-state index >= 15 is 0 Å². The normalized spacial score (nSPS) is 12.2. The maximum atomic E-state index is 13.0. The smallest absolute Gasteiger partial charge is 0.337 e. The summed E-state index contributed by atoms with van der Waals surface area (Å²) in [6.07, 6.45) is -1.87. The molecule has 0 saturated carbocycles. The van der Waals surface area contributed by atoms with Gasteiger partial charge in [0, 0.05) is 5.56 Å². The predicted octanol–water partition coefficient (Wildman–Crippen LogP) is 0.952. The van der Waals surface area contributed by atoms with Crippen molar-refractivity contribution in [2.45, 2.75) is 6.10 Å². The van der Waals surface area contributed by atoms with Crippen LogP contribution in [0.3, 0.4) is 0 Å². The van der Waals surface area contributed by atoms with E-state index in [1.807, 2.05) is 0 Å². The molecule has 0 heterocycles. The molecule has 0 radical (unpaired) electrons. The summed E-state index contributed by atoms with van der Waals surface area (Å²) in [4.78, 5) is 10.4. The van der Waals surface area contributed by atoms with E-state index in [2.05, 4.69) is 0 Å². The molecule has 2 N–H and O–H groups in total. The van der Waals surface area contributed by atoms with E-state index in [0.717, 1.165) is 12.1 Å². The van der Waals surface area contributed by atoms with Crippen LogP contribution in [-0.2, 0) is 4.79 Å². The van der Waals surface area contributed by atoms with Crippen molar-refractivity contribution in [1.82, 2.24) is 0 Å². The quantitative estimate of drug-likeness (QED) is 0.762. The molecule has 1 atom stereocenters. The van der Waals surface area contributed by atoms with E-state index < -0.39 is 17.9 Å². The third-order valence-electron chi connectivity index (χ3n) is 1.73. The highest BCUT2D eigenvalue weighted by Gasteiger charge is 2.20. The monoisotopic (exact) mass is 200 g/mol. The van der Waals surface area contributed by atoms with Gasteiger partial charge in [0.2, 0.25) is 0 Å². The van der Waals surface area contributed by atoms with Gasteiger partial charge in [0.1, 0.15) is 11.6 Å². The Morgan fingerprint density at radius 3 is 2.71 bits per heavy atom. The summed E-state index contributed by atoms with van der Waals surface area (Å²) in [6.45, 7) is 0. The number of halogens is 1. The largest absolute Gasteiger partial charge is 0.497 e. The standard InChI is InChI=1S/C9H9FO4/c1-14-5-2-3-7(10)6(4-5)8(11)9(12)13/h2-4,8,11H,1H3,(H,12,13). The Morgan fingerprint density at radius 1 is 1.57 bits per heavy atom. The van der Waals surface area contributed by atoms with Gasteiger partial charge in [-0.2, -0.15) is 0 Å². The number of benzene rings is 1. The first kappa shape index (κ1) is 10.5. The fourth-order valence-corrected chi connectivity index (χ4v) is 0.991. The molecule has 0 spiro atoms. The van der Waals surface area contributed by atoms with Crippen molar-refractivity contribution in [2.24, 2.45) is 0 Å². The Hall–Kier alpha value is -1.62. The van der Waals surface area contributed by atoms with E-state index in [1.165, 1.54) is 13.2 Å². The second kappa shape index (κ2) is 4.06. The molecule has 5 heteroatoms. The van der Waals surface area contributed by atoms with Gasteiger partial charge in [-0.3, -0.25) is 0 Å². The molecular weight excluding hydrogens is 191 g/mol. The molecule has 0 aliphatic heterocycles. The van der Waals surface area contributed by atoms with Crippen LogP contribution in [0.15, 0.2) is 18.2 Å². The van der Waals surface area contributed by atoms with Crippen molar-refractivity contribution < 1.29 is 24.1 Å². The Bertz CT molecular complexity index is 351. The number of carboxylic acid groups (broad SMARTS) is 1. The SMILES string of the molecule is COc1ccc(F)c(C(O)C(=O)O)c1. The van der Waals surface area contributed by atoms with Gasteiger partial charge in [-0.1, -0.05) is 0 Å². The number of aliphatic hydroxyl groups excluding tert-OH is 1. The van der Waals surface area contributed by atoms with Gasteiger partial charge in [0.15, 0.2) is 6.10 Å². The number of hydrogen-bond acceptors (Lipinski definition) is 3. The third-order valence-corrected chi connectivity index (χ3v) is 1.73. The van der Waals surface area contributed by atoms with E-state index in [-0.39, 0.29) is 5.56 Å². The van der Waals surface area contributed by atoms with Crippen molar-refractivity contribution in [3.05, 3.63) is 29.6 Å². The van der Waals surface area contributed by atoms with Crippen molar-refractivity contribution in [2.75, 3.05) is 7.11 Å². The van der Waals surface area contributed by atoms with Crippen molar-refractivity contribution in [3.63, 3.8) is 0 Å². The molecule has 0 aromatic heterocycles. The summed E-state index contributed by atoms with van der Waals surface area (Å²) in [5.41, 5.74) is -0.308. The van der Waals surface area contributed by atoms with E-state index in [4.69, 9.17) is 14.9 Å². The summed E-state index contributed by atoms with van der Waals surface area (Å²) in [5, 5.41) is 17.6. The zero-order valence-corrected chi connectivity index (χ0v) is 7.40.